The molecule has 2 aliphatic rings. The summed E-state index contributed by atoms with van der Waals surface area (Å²) in [5.74, 6) is -0.343. The average Bonchev–Trinajstić information content (AvgIpc) is 2.90. The van der Waals surface area contributed by atoms with E-state index in [1.807, 2.05) is 0 Å². The Morgan fingerprint density at radius 1 is 1.40 bits per heavy atom. The van der Waals surface area contributed by atoms with Crippen LogP contribution in [0, 0.1) is 5.92 Å². The molecular weight excluding hydrogens is 260 g/mol. The molecule has 2 aliphatic heterocycles. The van der Waals surface area contributed by atoms with Gasteiger partial charge in [0.15, 0.2) is 0 Å². The van der Waals surface area contributed by atoms with Crippen LogP contribution in [-0.4, -0.2) is 54.8 Å². The fraction of sp³-hybridized carbons (Fsp3) is 0.769. The Kier molecular flexibility index (Phi) is 4.94. The van der Waals surface area contributed by atoms with Crippen LogP contribution < -0.4 is 16.4 Å². The number of nitrogens with one attached hydrogen (secondary N) is 2. The summed E-state index contributed by atoms with van der Waals surface area (Å²) in [6, 6.07) is -0.409. The Balaban J connectivity index is 1.88. The lowest BCUT2D eigenvalue weighted by atomic mass is 9.96. The van der Waals surface area contributed by atoms with E-state index in [1.54, 1.807) is 4.90 Å². The summed E-state index contributed by atoms with van der Waals surface area (Å²) < 4.78 is 0. The highest BCUT2D eigenvalue weighted by Gasteiger charge is 2.34. The molecule has 2 unspecified atom stereocenters. The van der Waals surface area contributed by atoms with Crippen LogP contribution in [0.2, 0.25) is 0 Å². The molecule has 0 aliphatic carbocycles. The van der Waals surface area contributed by atoms with E-state index in [0.29, 0.717) is 39.0 Å². The summed E-state index contributed by atoms with van der Waals surface area (Å²) >= 11 is 0. The Labute approximate surface area is 118 Å². The van der Waals surface area contributed by atoms with Crippen molar-refractivity contribution in [1.82, 2.24) is 15.5 Å². The summed E-state index contributed by atoms with van der Waals surface area (Å²) in [4.78, 5) is 37.1. The van der Waals surface area contributed by atoms with Crippen LogP contribution in [0.15, 0.2) is 0 Å². The predicted molar refractivity (Wildman–Crippen MR) is 72.5 cm³/mol. The number of nitrogens with zero attached hydrogens (tertiary/aromatic N) is 1. The van der Waals surface area contributed by atoms with E-state index in [-0.39, 0.29) is 23.6 Å². The first-order valence-electron chi connectivity index (χ1n) is 7.17. The summed E-state index contributed by atoms with van der Waals surface area (Å²) in [5, 5.41) is 5.45. The molecule has 7 heteroatoms. The van der Waals surface area contributed by atoms with Gasteiger partial charge in [0, 0.05) is 32.6 Å². The predicted octanol–water partition coefficient (Wildman–Crippen LogP) is -1.42. The molecule has 2 rings (SSSR count). The highest BCUT2D eigenvalue weighted by molar-refractivity contribution is 5.91. The zero-order chi connectivity index (χ0) is 14.5. The number of carbonyl (C=O) groups is 3. The van der Waals surface area contributed by atoms with Crippen LogP contribution in [0.4, 0.5) is 0 Å². The molecule has 2 heterocycles. The first-order chi connectivity index (χ1) is 9.61. The Morgan fingerprint density at radius 3 is 2.85 bits per heavy atom. The number of hydrogen-bond donors (Lipinski definition) is 3. The van der Waals surface area contributed by atoms with Gasteiger partial charge in [-0.3, -0.25) is 14.4 Å². The molecule has 4 N–H and O–H groups in total. The molecule has 0 aromatic heterocycles. The summed E-state index contributed by atoms with van der Waals surface area (Å²) in [6.45, 7) is 1.96. The van der Waals surface area contributed by atoms with E-state index < -0.39 is 6.04 Å². The van der Waals surface area contributed by atoms with Crippen LogP contribution in [0.25, 0.3) is 0 Å². The molecule has 3 amide bonds. The zero-order valence-corrected chi connectivity index (χ0v) is 11.6. The van der Waals surface area contributed by atoms with E-state index in [4.69, 9.17) is 5.73 Å². The number of nitrogens with two attached hydrogens (primary N) is 1. The van der Waals surface area contributed by atoms with E-state index in [9.17, 15) is 14.4 Å². The molecule has 0 bridgehead atoms. The van der Waals surface area contributed by atoms with Gasteiger partial charge in [-0.15, -0.1) is 0 Å². The third-order valence-corrected chi connectivity index (χ3v) is 3.84. The van der Waals surface area contributed by atoms with Crippen molar-refractivity contribution in [3.63, 3.8) is 0 Å². The molecule has 0 aromatic rings. The van der Waals surface area contributed by atoms with E-state index in [0.717, 1.165) is 12.8 Å². The van der Waals surface area contributed by atoms with E-state index >= 15 is 0 Å². The highest BCUT2D eigenvalue weighted by Crippen LogP contribution is 2.19. The minimum atomic E-state index is -0.409. The quantitative estimate of drug-likeness (QED) is 0.588. The number of amides is 3. The van der Waals surface area contributed by atoms with Gasteiger partial charge in [0.25, 0.3) is 0 Å². The summed E-state index contributed by atoms with van der Waals surface area (Å²) in [5.41, 5.74) is 5.36. The van der Waals surface area contributed by atoms with Crippen LogP contribution in [0.5, 0.6) is 0 Å². The van der Waals surface area contributed by atoms with Crippen molar-refractivity contribution in [2.45, 2.75) is 31.7 Å². The Bertz CT molecular complexity index is 399. The maximum Gasteiger partial charge on any atom is 0.245 e. The summed E-state index contributed by atoms with van der Waals surface area (Å²) in [7, 11) is 0. The molecule has 7 nitrogen and oxygen atoms in total. The van der Waals surface area contributed by atoms with Gasteiger partial charge in [-0.05, 0) is 19.3 Å². The van der Waals surface area contributed by atoms with Gasteiger partial charge in [-0.25, -0.2) is 0 Å². The lowest BCUT2D eigenvalue weighted by molar-refractivity contribution is -0.138. The lowest BCUT2D eigenvalue weighted by Crippen LogP contribution is -2.51. The van der Waals surface area contributed by atoms with Gasteiger partial charge in [-0.1, -0.05) is 0 Å². The topological polar surface area (TPSA) is 105 Å². The third-order valence-electron chi connectivity index (χ3n) is 3.84. The fourth-order valence-corrected chi connectivity index (χ4v) is 2.75. The molecule has 2 atom stereocenters. The molecule has 112 valence electrons. The second-order valence-electron chi connectivity index (χ2n) is 5.36. The van der Waals surface area contributed by atoms with E-state index in [2.05, 4.69) is 10.6 Å². The minimum Gasteiger partial charge on any atom is -0.355 e. The zero-order valence-electron chi connectivity index (χ0n) is 11.6. The van der Waals surface area contributed by atoms with Gasteiger partial charge < -0.3 is 21.3 Å². The minimum absolute atomic E-state index is 0.0385. The number of carbonyl (C=O) groups excluding carboxylic acids is 3. The first kappa shape index (κ1) is 14.8. The smallest absolute Gasteiger partial charge is 0.245 e. The van der Waals surface area contributed by atoms with Gasteiger partial charge in [-0.2, -0.15) is 0 Å². The van der Waals surface area contributed by atoms with Crippen molar-refractivity contribution in [2.75, 3.05) is 26.2 Å². The highest BCUT2D eigenvalue weighted by atomic mass is 16.2. The Hall–Kier alpha value is -1.63. The molecule has 0 radical (unpaired) electrons. The second-order valence-corrected chi connectivity index (χ2v) is 5.36. The number of hydrogen-bond acceptors (Lipinski definition) is 4. The molecule has 2 saturated heterocycles. The monoisotopic (exact) mass is 282 g/mol. The molecule has 0 saturated carbocycles. The molecular formula is C13H22N4O3. The van der Waals surface area contributed by atoms with Gasteiger partial charge in [0.1, 0.15) is 6.04 Å². The van der Waals surface area contributed by atoms with Gasteiger partial charge in [0.2, 0.25) is 17.7 Å². The maximum absolute atomic E-state index is 12.3. The average molecular weight is 282 g/mol. The van der Waals surface area contributed by atoms with Crippen molar-refractivity contribution in [3.8, 4) is 0 Å². The SMILES string of the molecule is NCCNC(=O)C1CCCN(C(=O)C2CCC(=O)N2)C1. The number of rotatable bonds is 4. The summed E-state index contributed by atoms with van der Waals surface area (Å²) in [6.07, 6.45) is 2.56. The molecule has 2 fully saturated rings. The number of piperidine rings is 1. The van der Waals surface area contributed by atoms with Crippen molar-refractivity contribution in [1.29, 1.82) is 0 Å². The van der Waals surface area contributed by atoms with Crippen LogP contribution in [0.1, 0.15) is 25.7 Å². The molecule has 20 heavy (non-hydrogen) atoms. The lowest BCUT2D eigenvalue weighted by Gasteiger charge is -2.33. The molecule has 0 spiro atoms. The van der Waals surface area contributed by atoms with Crippen molar-refractivity contribution in [2.24, 2.45) is 11.7 Å². The number of likely N-dealkylation sites (tertiary alicyclic amines) is 1. The van der Waals surface area contributed by atoms with Gasteiger partial charge >= 0.3 is 0 Å². The van der Waals surface area contributed by atoms with Crippen molar-refractivity contribution < 1.29 is 14.4 Å². The third kappa shape index (κ3) is 3.47. The Morgan fingerprint density at radius 2 is 2.20 bits per heavy atom. The fourth-order valence-electron chi connectivity index (χ4n) is 2.75. The van der Waals surface area contributed by atoms with E-state index in [1.165, 1.54) is 0 Å². The maximum atomic E-state index is 12.3. The largest absolute Gasteiger partial charge is 0.355 e. The normalized spacial score (nSPS) is 26.2. The standard InChI is InChI=1S/C13H22N4O3/c14-5-6-15-12(19)9-2-1-7-17(8-9)13(20)10-3-4-11(18)16-10/h9-10H,1-8,14H2,(H,15,19)(H,16,18). The van der Waals surface area contributed by atoms with Crippen LogP contribution in [0.3, 0.4) is 0 Å². The van der Waals surface area contributed by atoms with Crippen LogP contribution >= 0.6 is 0 Å². The van der Waals surface area contributed by atoms with Crippen LogP contribution in [-0.2, 0) is 14.4 Å². The second kappa shape index (κ2) is 6.69. The van der Waals surface area contributed by atoms with Crippen molar-refractivity contribution in [3.05, 3.63) is 0 Å². The van der Waals surface area contributed by atoms with Crippen molar-refractivity contribution >= 4 is 17.7 Å². The molecule has 0 aromatic carbocycles. The van der Waals surface area contributed by atoms with Gasteiger partial charge in [0.05, 0.1) is 5.92 Å². The first-order valence-corrected chi connectivity index (χ1v) is 7.17.